The van der Waals surface area contributed by atoms with Crippen LogP contribution in [0.3, 0.4) is 0 Å². The topological polar surface area (TPSA) is 56.4 Å². The summed E-state index contributed by atoms with van der Waals surface area (Å²) in [5.74, 6) is 2.03. The van der Waals surface area contributed by atoms with Crippen LogP contribution in [0.4, 0.5) is 5.82 Å². The Hall–Kier alpha value is -1.95. The van der Waals surface area contributed by atoms with E-state index in [1.807, 2.05) is 0 Å². The number of hydrogen-bond donors (Lipinski definition) is 1. The van der Waals surface area contributed by atoms with Crippen LogP contribution in [0.15, 0.2) is 18.2 Å². The Morgan fingerprint density at radius 3 is 2.96 bits per heavy atom. The second-order valence-corrected chi connectivity index (χ2v) is 7.75. The summed E-state index contributed by atoms with van der Waals surface area (Å²) in [4.78, 5) is 32.7. The lowest BCUT2D eigenvalue weighted by Crippen LogP contribution is -2.62. The molecule has 1 N–H and O–H groups in total. The summed E-state index contributed by atoms with van der Waals surface area (Å²) in [5, 5.41) is 1.16. The maximum absolute atomic E-state index is 13.0. The number of carbonyl (C=O) groups excluding carboxylic acids is 2. The highest BCUT2D eigenvalue weighted by Crippen LogP contribution is 2.42. The molecule has 0 saturated carbocycles. The zero-order valence-corrected chi connectivity index (χ0v) is 14.4. The lowest BCUT2D eigenvalue weighted by Gasteiger charge is -2.38. The first-order valence-electron chi connectivity index (χ1n) is 8.45. The van der Waals surface area contributed by atoms with E-state index in [0.717, 1.165) is 47.4 Å². The van der Waals surface area contributed by atoms with Crippen LogP contribution in [0.2, 0.25) is 0 Å². The minimum atomic E-state index is -0.346. The molecule has 4 heterocycles. The van der Waals surface area contributed by atoms with Crippen molar-refractivity contribution in [3.63, 3.8) is 0 Å². The molecule has 0 spiro atoms. The van der Waals surface area contributed by atoms with E-state index in [4.69, 9.17) is 0 Å². The van der Waals surface area contributed by atoms with E-state index in [-0.39, 0.29) is 23.9 Å². The number of benzene rings is 1. The summed E-state index contributed by atoms with van der Waals surface area (Å²) in [6, 6.07) is 5.83. The van der Waals surface area contributed by atoms with Gasteiger partial charge in [0.05, 0.1) is 0 Å². The lowest BCUT2D eigenvalue weighted by atomic mass is 10.0. The van der Waals surface area contributed by atoms with Gasteiger partial charge in [-0.3, -0.25) is 14.5 Å². The number of aromatic nitrogens is 1. The molecule has 1 aromatic heterocycles. The van der Waals surface area contributed by atoms with Crippen LogP contribution in [0.1, 0.15) is 24.0 Å². The number of rotatable bonds is 2. The summed E-state index contributed by atoms with van der Waals surface area (Å²) >= 11 is 1.80. The van der Waals surface area contributed by atoms with E-state index in [1.165, 1.54) is 5.56 Å². The summed E-state index contributed by atoms with van der Waals surface area (Å²) in [6.07, 6.45) is 4.45. The molecule has 6 heteroatoms. The molecule has 2 amide bonds. The van der Waals surface area contributed by atoms with Crippen molar-refractivity contribution in [3.05, 3.63) is 29.3 Å². The van der Waals surface area contributed by atoms with Gasteiger partial charge in [-0.2, -0.15) is 11.8 Å². The first kappa shape index (κ1) is 14.4. The van der Waals surface area contributed by atoms with E-state index in [9.17, 15) is 9.59 Å². The van der Waals surface area contributed by atoms with Gasteiger partial charge in [-0.25, -0.2) is 0 Å². The van der Waals surface area contributed by atoms with Crippen LogP contribution < -0.4 is 4.90 Å². The molecular weight excluding hydrogens is 322 g/mol. The van der Waals surface area contributed by atoms with Crippen LogP contribution in [-0.4, -0.2) is 46.6 Å². The summed E-state index contributed by atoms with van der Waals surface area (Å²) in [5.41, 5.74) is 3.46. The zero-order chi connectivity index (χ0) is 16.4. The second-order valence-electron chi connectivity index (χ2n) is 6.88. The predicted molar refractivity (Wildman–Crippen MR) is 95.2 cm³/mol. The van der Waals surface area contributed by atoms with Crippen molar-refractivity contribution < 1.29 is 9.59 Å². The van der Waals surface area contributed by atoms with Crippen molar-refractivity contribution in [2.45, 2.75) is 37.1 Å². The summed E-state index contributed by atoms with van der Waals surface area (Å²) < 4.78 is 0. The molecular formula is C18H19N3O2S. The normalized spacial score (nSPS) is 25.4. The Morgan fingerprint density at radius 2 is 2.12 bits per heavy atom. The monoisotopic (exact) mass is 341 g/mol. The number of H-pyrrole nitrogens is 1. The van der Waals surface area contributed by atoms with E-state index in [0.29, 0.717) is 6.42 Å². The molecule has 2 fully saturated rings. The highest BCUT2D eigenvalue weighted by Gasteiger charge is 2.52. The van der Waals surface area contributed by atoms with Gasteiger partial charge >= 0.3 is 0 Å². The zero-order valence-electron chi connectivity index (χ0n) is 13.5. The van der Waals surface area contributed by atoms with Gasteiger partial charge in [0.2, 0.25) is 5.91 Å². The predicted octanol–water partition coefficient (Wildman–Crippen LogP) is 2.29. The molecule has 24 heavy (non-hydrogen) atoms. The molecule has 2 aromatic rings. The van der Waals surface area contributed by atoms with Gasteiger partial charge in [-0.15, -0.1) is 0 Å². The fourth-order valence-electron chi connectivity index (χ4n) is 4.49. The first-order valence-corrected chi connectivity index (χ1v) is 9.84. The number of carbonyl (C=O) groups is 2. The van der Waals surface area contributed by atoms with Gasteiger partial charge in [-0.1, -0.05) is 6.07 Å². The molecule has 2 saturated heterocycles. The van der Waals surface area contributed by atoms with Crippen molar-refractivity contribution in [3.8, 4) is 0 Å². The van der Waals surface area contributed by atoms with E-state index < -0.39 is 0 Å². The molecule has 0 bridgehead atoms. The third-order valence-corrected chi connectivity index (χ3v) is 6.17. The Morgan fingerprint density at radius 1 is 1.25 bits per heavy atom. The molecule has 0 aliphatic carbocycles. The lowest BCUT2D eigenvalue weighted by molar-refractivity contribution is -0.143. The third kappa shape index (κ3) is 1.77. The van der Waals surface area contributed by atoms with Crippen LogP contribution in [-0.2, 0) is 21.8 Å². The van der Waals surface area contributed by atoms with Gasteiger partial charge in [-0.05, 0) is 36.8 Å². The number of anilines is 1. The van der Waals surface area contributed by atoms with Crippen molar-refractivity contribution in [2.75, 3.05) is 17.7 Å². The number of hydrogen-bond acceptors (Lipinski definition) is 3. The number of aromatic amines is 1. The van der Waals surface area contributed by atoms with E-state index in [1.54, 1.807) is 21.6 Å². The van der Waals surface area contributed by atoms with Gasteiger partial charge < -0.3 is 9.88 Å². The molecule has 3 aliphatic heterocycles. The maximum Gasteiger partial charge on any atom is 0.251 e. The summed E-state index contributed by atoms with van der Waals surface area (Å²) in [7, 11) is 0. The average Bonchev–Trinajstić information content (AvgIpc) is 3.26. The summed E-state index contributed by atoms with van der Waals surface area (Å²) in [6.45, 7) is 0.728. The van der Waals surface area contributed by atoms with Gasteiger partial charge in [0.25, 0.3) is 5.91 Å². The Balaban J connectivity index is 1.62. The van der Waals surface area contributed by atoms with Crippen LogP contribution in [0, 0.1) is 0 Å². The minimum absolute atomic E-state index is 0.0896. The molecule has 2 atom stereocenters. The second kappa shape index (κ2) is 5.02. The highest BCUT2D eigenvalue weighted by molar-refractivity contribution is 7.97. The van der Waals surface area contributed by atoms with Crippen LogP contribution >= 0.6 is 11.8 Å². The number of nitrogens with zero attached hydrogens (tertiary/aromatic N) is 2. The molecule has 0 radical (unpaired) electrons. The smallest absolute Gasteiger partial charge is 0.251 e. The van der Waals surface area contributed by atoms with Crippen molar-refractivity contribution in [2.24, 2.45) is 0 Å². The first-order chi connectivity index (χ1) is 11.7. The molecule has 5 nitrogen and oxygen atoms in total. The Bertz CT molecular complexity index is 875. The fourth-order valence-corrected chi connectivity index (χ4v) is 5.00. The van der Waals surface area contributed by atoms with Crippen LogP contribution in [0.5, 0.6) is 0 Å². The Labute approximate surface area is 144 Å². The van der Waals surface area contributed by atoms with E-state index in [2.05, 4.69) is 29.4 Å². The standard InChI is InChI=1S/C18H19N3O2S/c1-24-9-10-4-5-13-11(7-10)12-8-15-17(22)20-6-2-3-14(20)18(23)21(15)16(12)19-13/h4-5,7,14-15,19H,2-3,6,8-9H2,1H3/t14-,15-/m0/s1. The number of piperazine rings is 1. The molecule has 3 aliphatic rings. The van der Waals surface area contributed by atoms with Crippen LogP contribution in [0.25, 0.3) is 10.9 Å². The number of nitrogens with one attached hydrogen (secondary N) is 1. The third-order valence-electron chi connectivity index (χ3n) is 5.55. The van der Waals surface area contributed by atoms with Gasteiger partial charge in [0, 0.05) is 35.2 Å². The van der Waals surface area contributed by atoms with Crippen molar-refractivity contribution in [1.82, 2.24) is 9.88 Å². The van der Waals surface area contributed by atoms with Gasteiger partial charge in [0.1, 0.15) is 17.9 Å². The number of fused-ring (bicyclic) bond motifs is 6. The number of thioether (sulfide) groups is 1. The highest BCUT2D eigenvalue weighted by atomic mass is 32.2. The maximum atomic E-state index is 13.0. The molecule has 0 unspecified atom stereocenters. The van der Waals surface area contributed by atoms with E-state index >= 15 is 0 Å². The number of amides is 2. The quantitative estimate of drug-likeness (QED) is 0.912. The SMILES string of the molecule is CSCc1ccc2[nH]c3c(c2c1)C[C@H]1C(=O)N2CCC[C@H]2C(=O)N31. The minimum Gasteiger partial charge on any atom is -0.341 e. The Kier molecular flexibility index (Phi) is 3.01. The molecule has 124 valence electrons. The van der Waals surface area contributed by atoms with Crippen molar-refractivity contribution in [1.29, 1.82) is 0 Å². The average molecular weight is 341 g/mol. The van der Waals surface area contributed by atoms with Gasteiger partial charge in [0.15, 0.2) is 0 Å². The van der Waals surface area contributed by atoms with Crippen molar-refractivity contribution >= 4 is 40.3 Å². The fraction of sp³-hybridized carbons (Fsp3) is 0.444. The molecule has 1 aromatic carbocycles. The largest absolute Gasteiger partial charge is 0.341 e. The molecule has 5 rings (SSSR count).